The molecule has 0 fully saturated rings. The fourth-order valence-electron chi connectivity index (χ4n) is 0.467. The predicted molar refractivity (Wildman–Crippen MR) is 30.7 cm³/mol. The van der Waals surface area contributed by atoms with E-state index in [-0.39, 0.29) is 0 Å². The Kier molecular flexibility index (Phi) is 1.31. The van der Waals surface area contributed by atoms with Crippen LogP contribution in [0, 0.1) is 13.8 Å². The SMILES string of the molecule is Cc1cnc(C)[se]1. The van der Waals surface area contributed by atoms with Gasteiger partial charge in [0.25, 0.3) is 0 Å². The third kappa shape index (κ3) is 1.15. The van der Waals surface area contributed by atoms with Gasteiger partial charge in [-0.2, -0.15) is 0 Å². The molecule has 38 valence electrons. The van der Waals surface area contributed by atoms with Gasteiger partial charge in [0.05, 0.1) is 0 Å². The average molecular weight is 160 g/mol. The van der Waals surface area contributed by atoms with Crippen LogP contribution in [0.5, 0.6) is 0 Å². The summed E-state index contributed by atoms with van der Waals surface area (Å²) in [7, 11) is 0. The van der Waals surface area contributed by atoms with Gasteiger partial charge in [0.2, 0.25) is 0 Å². The Labute approximate surface area is 49.1 Å². The van der Waals surface area contributed by atoms with Gasteiger partial charge in [0.1, 0.15) is 0 Å². The molecule has 7 heavy (non-hydrogen) atoms. The quantitative estimate of drug-likeness (QED) is 0.510. The molecule has 0 atom stereocenters. The van der Waals surface area contributed by atoms with E-state index in [1.54, 1.807) is 0 Å². The molecule has 0 aliphatic carbocycles. The molecule has 0 saturated carbocycles. The first-order chi connectivity index (χ1) is 3.29. The molecule has 0 N–H and O–H groups in total. The van der Waals surface area contributed by atoms with Gasteiger partial charge in [-0.05, 0) is 0 Å². The standard InChI is InChI=1S/C5H7NSe/c1-4-3-6-5(2)7-4/h3H,1-2H3. The summed E-state index contributed by atoms with van der Waals surface area (Å²) >= 11 is 0.597. The summed E-state index contributed by atoms with van der Waals surface area (Å²) in [6, 6.07) is 0. The van der Waals surface area contributed by atoms with Crippen LogP contribution in [0.2, 0.25) is 0 Å². The summed E-state index contributed by atoms with van der Waals surface area (Å²) in [6.45, 7) is 4.20. The summed E-state index contributed by atoms with van der Waals surface area (Å²) in [4.78, 5) is 4.10. The van der Waals surface area contributed by atoms with Crippen molar-refractivity contribution in [2.75, 3.05) is 0 Å². The van der Waals surface area contributed by atoms with Gasteiger partial charge in [-0.15, -0.1) is 0 Å². The topological polar surface area (TPSA) is 12.9 Å². The van der Waals surface area contributed by atoms with Crippen molar-refractivity contribution < 1.29 is 0 Å². The summed E-state index contributed by atoms with van der Waals surface area (Å²) in [5, 5.41) is 0. The summed E-state index contributed by atoms with van der Waals surface area (Å²) in [6.07, 6.45) is 1.95. The molecular weight excluding hydrogens is 153 g/mol. The van der Waals surface area contributed by atoms with E-state index in [1.807, 2.05) is 6.20 Å². The molecular formula is C5H7NSe. The van der Waals surface area contributed by atoms with Gasteiger partial charge in [-0.1, -0.05) is 0 Å². The van der Waals surface area contributed by atoms with Gasteiger partial charge in [0.15, 0.2) is 0 Å². The van der Waals surface area contributed by atoms with Crippen LogP contribution in [0.1, 0.15) is 9.01 Å². The summed E-state index contributed by atoms with van der Waals surface area (Å²) in [5.74, 6) is 0. The summed E-state index contributed by atoms with van der Waals surface area (Å²) in [5.41, 5.74) is 0. The van der Waals surface area contributed by atoms with Crippen LogP contribution < -0.4 is 0 Å². The zero-order chi connectivity index (χ0) is 5.28. The fraction of sp³-hybridized carbons (Fsp3) is 0.400. The van der Waals surface area contributed by atoms with Crippen molar-refractivity contribution in [1.29, 1.82) is 0 Å². The minimum atomic E-state index is 0.597. The fourth-order valence-corrected chi connectivity index (χ4v) is 1.89. The third-order valence-corrected chi connectivity index (χ3v) is 2.47. The normalized spacial score (nSPS) is 9.43. The van der Waals surface area contributed by atoms with Crippen LogP contribution in [-0.4, -0.2) is 19.5 Å². The van der Waals surface area contributed by atoms with Crippen molar-refractivity contribution in [3.63, 3.8) is 0 Å². The Morgan fingerprint density at radius 1 is 1.57 bits per heavy atom. The molecule has 1 nitrogen and oxygen atoms in total. The van der Waals surface area contributed by atoms with Gasteiger partial charge in [0, 0.05) is 0 Å². The van der Waals surface area contributed by atoms with Crippen LogP contribution >= 0.6 is 0 Å². The number of aromatic nitrogens is 1. The van der Waals surface area contributed by atoms with E-state index < -0.39 is 0 Å². The van der Waals surface area contributed by atoms with Crippen molar-refractivity contribution in [2.45, 2.75) is 13.8 Å². The predicted octanol–water partition coefficient (Wildman–Crippen LogP) is 0.755. The molecule has 1 heterocycles. The molecule has 1 aromatic rings. The second-order valence-corrected chi connectivity index (χ2v) is 4.51. The molecule has 1 rings (SSSR count). The van der Waals surface area contributed by atoms with Crippen LogP contribution in [0.25, 0.3) is 0 Å². The molecule has 0 aliphatic rings. The molecule has 0 aliphatic heterocycles. The number of rotatable bonds is 0. The van der Waals surface area contributed by atoms with E-state index in [2.05, 4.69) is 18.8 Å². The number of nitrogens with zero attached hydrogens (tertiary/aromatic N) is 1. The van der Waals surface area contributed by atoms with E-state index in [4.69, 9.17) is 0 Å². The molecule has 1 aromatic heterocycles. The first-order valence-corrected chi connectivity index (χ1v) is 3.89. The molecule has 0 bridgehead atoms. The minimum absolute atomic E-state index is 0.597. The molecule has 2 heteroatoms. The van der Waals surface area contributed by atoms with Crippen molar-refractivity contribution in [2.24, 2.45) is 0 Å². The average Bonchev–Trinajstić information content (AvgIpc) is 1.87. The molecule has 0 amide bonds. The first-order valence-electron chi connectivity index (χ1n) is 2.18. The van der Waals surface area contributed by atoms with E-state index in [0.29, 0.717) is 14.5 Å². The van der Waals surface area contributed by atoms with Crippen LogP contribution in [0.15, 0.2) is 6.20 Å². The Balaban J connectivity index is 3.04. The zero-order valence-electron chi connectivity index (χ0n) is 4.43. The van der Waals surface area contributed by atoms with Gasteiger partial charge in [-0.3, -0.25) is 0 Å². The van der Waals surface area contributed by atoms with Crippen molar-refractivity contribution in [1.82, 2.24) is 4.98 Å². The van der Waals surface area contributed by atoms with Crippen molar-refractivity contribution in [3.8, 4) is 0 Å². The first kappa shape index (κ1) is 5.07. The van der Waals surface area contributed by atoms with Gasteiger partial charge in [-0.25, -0.2) is 0 Å². The van der Waals surface area contributed by atoms with Crippen LogP contribution in [0.4, 0.5) is 0 Å². The number of hydrogen-bond acceptors (Lipinski definition) is 1. The zero-order valence-corrected chi connectivity index (χ0v) is 6.15. The monoisotopic (exact) mass is 161 g/mol. The summed E-state index contributed by atoms with van der Waals surface area (Å²) < 4.78 is 2.73. The van der Waals surface area contributed by atoms with Gasteiger partial charge >= 0.3 is 48.5 Å². The molecule has 0 unspecified atom stereocenters. The Morgan fingerprint density at radius 2 is 2.29 bits per heavy atom. The Morgan fingerprint density at radius 3 is 2.43 bits per heavy atom. The van der Waals surface area contributed by atoms with E-state index >= 15 is 0 Å². The Hall–Kier alpha value is -0.0705. The van der Waals surface area contributed by atoms with E-state index in [9.17, 15) is 0 Å². The van der Waals surface area contributed by atoms with E-state index in [0.717, 1.165) is 0 Å². The third-order valence-electron chi connectivity index (χ3n) is 0.737. The number of hydrogen-bond donors (Lipinski definition) is 0. The molecule has 0 saturated heterocycles. The van der Waals surface area contributed by atoms with Crippen molar-refractivity contribution in [3.05, 3.63) is 15.2 Å². The van der Waals surface area contributed by atoms with Crippen LogP contribution in [-0.2, 0) is 0 Å². The van der Waals surface area contributed by atoms with Crippen LogP contribution in [0.3, 0.4) is 0 Å². The maximum atomic E-state index is 4.10. The van der Waals surface area contributed by atoms with Crippen molar-refractivity contribution >= 4 is 14.5 Å². The van der Waals surface area contributed by atoms with E-state index in [1.165, 1.54) is 9.01 Å². The Bertz CT molecular complexity index is 140. The second kappa shape index (κ2) is 1.81. The molecule has 0 aromatic carbocycles. The molecule has 0 radical (unpaired) electrons. The number of aryl methyl sites for hydroxylation is 2. The maximum absolute atomic E-state index is 4.10. The second-order valence-electron chi connectivity index (χ2n) is 1.49. The van der Waals surface area contributed by atoms with Gasteiger partial charge < -0.3 is 0 Å². The molecule has 0 spiro atoms.